The van der Waals surface area contributed by atoms with Crippen LogP contribution in [0.15, 0.2) is 30.3 Å². The standard InChI is InChI=1S/C21H28N2O/c1-5-9-18(24)23-21(16-10-7-6-8-11-16)19-15(4)12-13-17(14(2)3)20(19)22-23/h6-8,10-11,14-15,17H,5,9,12-13H2,1-4H3/t15-,17+/m0/s1. The highest BCUT2D eigenvalue weighted by Gasteiger charge is 2.34. The van der Waals surface area contributed by atoms with Crippen molar-refractivity contribution in [1.82, 2.24) is 9.78 Å². The molecular formula is C21H28N2O. The number of hydrogen-bond acceptors (Lipinski definition) is 2. The SMILES string of the molecule is CCCC(=O)n1nc2c(c1-c1ccccc1)[C@@H](C)CC[C@@H]2C(C)C. The van der Waals surface area contributed by atoms with Gasteiger partial charge in [-0.15, -0.1) is 0 Å². The van der Waals surface area contributed by atoms with Crippen LogP contribution in [0.1, 0.15) is 81.3 Å². The minimum Gasteiger partial charge on any atom is -0.273 e. The van der Waals surface area contributed by atoms with E-state index in [0.29, 0.717) is 24.2 Å². The first-order chi connectivity index (χ1) is 11.5. The number of fused-ring (bicyclic) bond motifs is 1. The fourth-order valence-corrected chi connectivity index (χ4v) is 3.94. The number of rotatable bonds is 4. The van der Waals surface area contributed by atoms with Crippen molar-refractivity contribution in [2.45, 2.75) is 65.2 Å². The van der Waals surface area contributed by atoms with Gasteiger partial charge in [0.15, 0.2) is 0 Å². The molecular weight excluding hydrogens is 296 g/mol. The van der Waals surface area contributed by atoms with E-state index in [1.165, 1.54) is 18.4 Å². The van der Waals surface area contributed by atoms with Gasteiger partial charge in [-0.05, 0) is 31.1 Å². The van der Waals surface area contributed by atoms with Gasteiger partial charge in [-0.3, -0.25) is 4.79 Å². The zero-order valence-corrected chi connectivity index (χ0v) is 15.2. The summed E-state index contributed by atoms with van der Waals surface area (Å²) in [6.45, 7) is 8.85. The average molecular weight is 324 g/mol. The molecule has 3 heteroatoms. The molecule has 0 amide bonds. The minimum absolute atomic E-state index is 0.112. The summed E-state index contributed by atoms with van der Waals surface area (Å²) in [6.07, 6.45) is 3.73. The summed E-state index contributed by atoms with van der Waals surface area (Å²) in [4.78, 5) is 12.7. The summed E-state index contributed by atoms with van der Waals surface area (Å²) in [5, 5.41) is 4.87. The van der Waals surface area contributed by atoms with Gasteiger partial charge in [0, 0.05) is 23.5 Å². The summed E-state index contributed by atoms with van der Waals surface area (Å²) >= 11 is 0. The molecule has 24 heavy (non-hydrogen) atoms. The summed E-state index contributed by atoms with van der Waals surface area (Å²) in [7, 11) is 0. The van der Waals surface area contributed by atoms with Crippen molar-refractivity contribution < 1.29 is 4.79 Å². The van der Waals surface area contributed by atoms with Crippen LogP contribution in [0.25, 0.3) is 11.3 Å². The Morgan fingerprint density at radius 1 is 1.25 bits per heavy atom. The lowest BCUT2D eigenvalue weighted by atomic mass is 9.75. The molecule has 1 aromatic carbocycles. The third kappa shape index (κ3) is 2.92. The second kappa shape index (κ2) is 6.92. The van der Waals surface area contributed by atoms with Gasteiger partial charge in [-0.1, -0.05) is 58.0 Å². The lowest BCUT2D eigenvalue weighted by Crippen LogP contribution is -2.17. The summed E-state index contributed by atoms with van der Waals surface area (Å²) in [5.41, 5.74) is 4.59. The van der Waals surface area contributed by atoms with Crippen molar-refractivity contribution >= 4 is 5.91 Å². The van der Waals surface area contributed by atoms with Gasteiger partial charge in [-0.2, -0.15) is 9.78 Å². The molecule has 0 unspecified atom stereocenters. The minimum atomic E-state index is 0.112. The van der Waals surface area contributed by atoms with Crippen LogP contribution in [0, 0.1) is 5.92 Å². The van der Waals surface area contributed by atoms with E-state index in [2.05, 4.69) is 32.9 Å². The van der Waals surface area contributed by atoms with Crippen LogP contribution in [0.4, 0.5) is 0 Å². The van der Waals surface area contributed by atoms with Gasteiger partial charge >= 0.3 is 0 Å². The molecule has 128 valence electrons. The third-order valence-electron chi connectivity index (χ3n) is 5.26. The van der Waals surface area contributed by atoms with E-state index in [4.69, 9.17) is 5.10 Å². The smallest absolute Gasteiger partial charge is 0.247 e. The average Bonchev–Trinajstić information content (AvgIpc) is 2.97. The van der Waals surface area contributed by atoms with Gasteiger partial charge in [0.1, 0.15) is 0 Å². The maximum Gasteiger partial charge on any atom is 0.247 e. The normalized spacial score (nSPS) is 20.2. The summed E-state index contributed by atoms with van der Waals surface area (Å²) in [6, 6.07) is 10.3. The highest BCUT2D eigenvalue weighted by atomic mass is 16.2. The van der Waals surface area contributed by atoms with Crippen LogP contribution in [0.5, 0.6) is 0 Å². The molecule has 0 radical (unpaired) electrons. The summed E-state index contributed by atoms with van der Waals surface area (Å²) < 4.78 is 1.71. The molecule has 2 aromatic rings. The van der Waals surface area contributed by atoms with E-state index in [-0.39, 0.29) is 5.91 Å². The fraction of sp³-hybridized carbons (Fsp3) is 0.524. The topological polar surface area (TPSA) is 34.9 Å². The van der Waals surface area contributed by atoms with E-state index < -0.39 is 0 Å². The first-order valence-corrected chi connectivity index (χ1v) is 9.26. The van der Waals surface area contributed by atoms with Gasteiger partial charge in [0.2, 0.25) is 5.91 Å². The predicted molar refractivity (Wildman–Crippen MR) is 98.4 cm³/mol. The largest absolute Gasteiger partial charge is 0.273 e. The van der Waals surface area contributed by atoms with Crippen LogP contribution in [-0.2, 0) is 0 Å². The molecule has 0 saturated heterocycles. The quantitative estimate of drug-likeness (QED) is 0.731. The van der Waals surface area contributed by atoms with Crippen LogP contribution in [0.2, 0.25) is 0 Å². The summed E-state index contributed by atoms with van der Waals surface area (Å²) in [5.74, 6) is 1.56. The van der Waals surface area contributed by atoms with E-state index in [1.807, 2.05) is 25.1 Å². The predicted octanol–water partition coefficient (Wildman–Crippen LogP) is 5.63. The first kappa shape index (κ1) is 16.9. The van der Waals surface area contributed by atoms with Gasteiger partial charge < -0.3 is 0 Å². The molecule has 1 aliphatic rings. The number of hydrogen-bond donors (Lipinski definition) is 0. The third-order valence-corrected chi connectivity index (χ3v) is 5.26. The first-order valence-electron chi connectivity index (χ1n) is 9.26. The molecule has 0 spiro atoms. The Morgan fingerprint density at radius 2 is 1.96 bits per heavy atom. The Bertz CT molecular complexity index is 715. The lowest BCUT2D eigenvalue weighted by molar-refractivity contribution is 0.0887. The zero-order chi connectivity index (χ0) is 17.3. The van der Waals surface area contributed by atoms with Crippen molar-refractivity contribution in [3.8, 4) is 11.3 Å². The van der Waals surface area contributed by atoms with Crippen molar-refractivity contribution in [1.29, 1.82) is 0 Å². The van der Waals surface area contributed by atoms with E-state index in [9.17, 15) is 4.79 Å². The van der Waals surface area contributed by atoms with Crippen LogP contribution < -0.4 is 0 Å². The molecule has 3 rings (SSSR count). The lowest BCUT2D eigenvalue weighted by Gasteiger charge is -2.28. The molecule has 0 fully saturated rings. The highest BCUT2D eigenvalue weighted by Crippen LogP contribution is 2.45. The highest BCUT2D eigenvalue weighted by molar-refractivity contribution is 5.85. The van der Waals surface area contributed by atoms with Crippen LogP contribution >= 0.6 is 0 Å². The molecule has 3 nitrogen and oxygen atoms in total. The van der Waals surface area contributed by atoms with Crippen LogP contribution in [-0.4, -0.2) is 15.7 Å². The Balaban J connectivity index is 2.23. The number of nitrogens with zero attached hydrogens (tertiary/aromatic N) is 2. The molecule has 0 saturated carbocycles. The van der Waals surface area contributed by atoms with Crippen molar-refractivity contribution in [3.05, 3.63) is 41.6 Å². The number of carbonyl (C=O) groups excluding carboxylic acids is 1. The van der Waals surface area contributed by atoms with Gasteiger partial charge in [0.25, 0.3) is 0 Å². The maximum atomic E-state index is 12.7. The maximum absolute atomic E-state index is 12.7. The van der Waals surface area contributed by atoms with E-state index >= 15 is 0 Å². The second-order valence-corrected chi connectivity index (χ2v) is 7.40. The van der Waals surface area contributed by atoms with Gasteiger partial charge in [-0.25, -0.2) is 0 Å². The molecule has 0 aliphatic heterocycles. The Labute approximate surface area is 145 Å². The Hall–Kier alpha value is -1.90. The van der Waals surface area contributed by atoms with Crippen molar-refractivity contribution in [2.75, 3.05) is 0 Å². The Kier molecular flexibility index (Phi) is 4.88. The Morgan fingerprint density at radius 3 is 2.58 bits per heavy atom. The molecule has 2 atom stereocenters. The zero-order valence-electron chi connectivity index (χ0n) is 15.2. The van der Waals surface area contributed by atoms with E-state index in [0.717, 1.165) is 23.4 Å². The molecule has 0 N–H and O–H groups in total. The molecule has 1 heterocycles. The molecule has 1 aliphatic carbocycles. The van der Waals surface area contributed by atoms with Crippen molar-refractivity contribution in [2.24, 2.45) is 5.92 Å². The molecule has 0 bridgehead atoms. The number of aromatic nitrogens is 2. The number of carbonyl (C=O) groups is 1. The molecule has 1 aromatic heterocycles. The van der Waals surface area contributed by atoms with E-state index in [1.54, 1.807) is 4.68 Å². The van der Waals surface area contributed by atoms with Gasteiger partial charge in [0.05, 0.1) is 11.4 Å². The monoisotopic (exact) mass is 324 g/mol. The number of benzene rings is 1. The van der Waals surface area contributed by atoms with Crippen molar-refractivity contribution in [3.63, 3.8) is 0 Å². The fourth-order valence-electron chi connectivity index (χ4n) is 3.94. The van der Waals surface area contributed by atoms with Crippen LogP contribution in [0.3, 0.4) is 0 Å². The second-order valence-electron chi connectivity index (χ2n) is 7.40.